The lowest BCUT2D eigenvalue weighted by molar-refractivity contribution is -0.192. The number of anilines is 2. The Morgan fingerprint density at radius 2 is 1.69 bits per heavy atom. The summed E-state index contributed by atoms with van der Waals surface area (Å²) in [5, 5.41) is 10.5. The standard InChI is InChI=1S/C16H14F3N5O.C2HF3O2/c1-21-13-8-6-7-10(22-14(8)24-15(20)23-13)12-9(16(17,18)19)4-3-5-11(12)25-2;3-2(4,5)1(6)7/h3-7H,1-2H3,(H3,20,21,22,23,24);(H,6,7). The summed E-state index contributed by atoms with van der Waals surface area (Å²) in [5.74, 6) is -2.28. The molecule has 172 valence electrons. The van der Waals surface area contributed by atoms with Gasteiger partial charge in [-0.2, -0.15) is 36.3 Å². The Balaban J connectivity index is 0.000000451. The normalized spacial score (nSPS) is 11.5. The summed E-state index contributed by atoms with van der Waals surface area (Å²) in [7, 11) is 2.95. The van der Waals surface area contributed by atoms with Gasteiger partial charge in [0.25, 0.3) is 0 Å². The topological polar surface area (TPSA) is 123 Å². The first-order valence-corrected chi connectivity index (χ1v) is 8.46. The minimum Gasteiger partial charge on any atom is -0.496 e. The molecule has 2 heterocycles. The predicted octanol–water partition coefficient (Wildman–Crippen LogP) is 3.98. The fourth-order valence-electron chi connectivity index (χ4n) is 2.56. The van der Waals surface area contributed by atoms with E-state index in [9.17, 15) is 26.3 Å². The number of hydrogen-bond donors (Lipinski definition) is 3. The molecule has 0 aliphatic heterocycles. The first-order chi connectivity index (χ1) is 14.8. The van der Waals surface area contributed by atoms with Crippen LogP contribution >= 0.6 is 0 Å². The Bertz CT molecular complexity index is 1130. The molecule has 0 aliphatic rings. The number of alkyl halides is 6. The number of rotatable bonds is 3. The zero-order valence-electron chi connectivity index (χ0n) is 16.3. The average molecular weight is 463 g/mol. The number of carboxylic acid groups (broad SMARTS) is 1. The number of nitrogens with two attached hydrogens (primary N) is 1. The van der Waals surface area contributed by atoms with E-state index in [-0.39, 0.29) is 28.6 Å². The maximum Gasteiger partial charge on any atom is 0.490 e. The zero-order valence-corrected chi connectivity index (χ0v) is 16.3. The number of nitrogens with zero attached hydrogens (tertiary/aromatic N) is 3. The number of pyridine rings is 1. The van der Waals surface area contributed by atoms with Crippen LogP contribution in [0.1, 0.15) is 5.56 Å². The third kappa shape index (κ3) is 5.44. The summed E-state index contributed by atoms with van der Waals surface area (Å²) in [6.45, 7) is 0. The van der Waals surface area contributed by atoms with E-state index in [1.807, 2.05) is 0 Å². The molecular weight excluding hydrogens is 448 g/mol. The van der Waals surface area contributed by atoms with Crippen molar-refractivity contribution in [2.24, 2.45) is 0 Å². The number of fused-ring (bicyclic) bond motifs is 1. The van der Waals surface area contributed by atoms with Gasteiger partial charge in [-0.3, -0.25) is 0 Å². The molecule has 32 heavy (non-hydrogen) atoms. The smallest absolute Gasteiger partial charge is 0.490 e. The zero-order chi connectivity index (χ0) is 24.3. The number of methoxy groups -OCH3 is 1. The Morgan fingerprint density at radius 1 is 1.06 bits per heavy atom. The van der Waals surface area contributed by atoms with Crippen molar-refractivity contribution in [3.63, 3.8) is 0 Å². The molecule has 0 atom stereocenters. The molecule has 1 aromatic carbocycles. The van der Waals surface area contributed by atoms with E-state index in [1.54, 1.807) is 13.1 Å². The van der Waals surface area contributed by atoms with Gasteiger partial charge in [0, 0.05) is 7.05 Å². The van der Waals surface area contributed by atoms with Crippen molar-refractivity contribution in [1.29, 1.82) is 0 Å². The van der Waals surface area contributed by atoms with Crippen molar-refractivity contribution in [2.45, 2.75) is 12.4 Å². The molecule has 0 saturated carbocycles. The van der Waals surface area contributed by atoms with Gasteiger partial charge in [-0.1, -0.05) is 6.07 Å². The second kappa shape index (κ2) is 9.11. The molecule has 8 nitrogen and oxygen atoms in total. The SMILES string of the molecule is CNc1nc(N)nc2nc(-c3c(OC)cccc3C(F)(F)F)ccc12.O=C(O)C(F)(F)F. The minimum absolute atomic E-state index is 0.0300. The van der Waals surface area contributed by atoms with Crippen LogP contribution in [0.25, 0.3) is 22.3 Å². The number of carbonyl (C=O) groups is 1. The average Bonchev–Trinajstić information content (AvgIpc) is 2.71. The number of aliphatic carboxylic acids is 1. The van der Waals surface area contributed by atoms with Crippen LogP contribution in [0.4, 0.5) is 38.1 Å². The molecule has 3 rings (SSSR count). The van der Waals surface area contributed by atoms with E-state index in [0.717, 1.165) is 6.07 Å². The third-order valence-electron chi connectivity index (χ3n) is 3.86. The van der Waals surface area contributed by atoms with Gasteiger partial charge in [-0.25, -0.2) is 9.78 Å². The van der Waals surface area contributed by atoms with Gasteiger partial charge in [-0.05, 0) is 24.3 Å². The van der Waals surface area contributed by atoms with E-state index in [2.05, 4.69) is 20.3 Å². The number of nitrogens with one attached hydrogen (secondary N) is 1. The van der Waals surface area contributed by atoms with Crippen molar-refractivity contribution < 1.29 is 41.0 Å². The van der Waals surface area contributed by atoms with Gasteiger partial charge in [0.1, 0.15) is 11.6 Å². The summed E-state index contributed by atoms with van der Waals surface area (Å²) in [5.41, 5.74) is 4.92. The van der Waals surface area contributed by atoms with Crippen LogP contribution in [0, 0.1) is 0 Å². The van der Waals surface area contributed by atoms with E-state index in [4.69, 9.17) is 20.4 Å². The Labute approximate surface area is 176 Å². The molecule has 3 aromatic rings. The monoisotopic (exact) mass is 463 g/mol. The van der Waals surface area contributed by atoms with Crippen molar-refractivity contribution in [2.75, 3.05) is 25.2 Å². The highest BCUT2D eigenvalue weighted by Crippen LogP contribution is 2.41. The lowest BCUT2D eigenvalue weighted by atomic mass is 10.0. The number of hydrogen-bond acceptors (Lipinski definition) is 7. The lowest BCUT2D eigenvalue weighted by Crippen LogP contribution is -2.21. The highest BCUT2D eigenvalue weighted by molar-refractivity contribution is 5.89. The Kier molecular flexibility index (Phi) is 6.96. The van der Waals surface area contributed by atoms with Crippen LogP contribution in [0.2, 0.25) is 0 Å². The van der Waals surface area contributed by atoms with Crippen molar-refractivity contribution in [3.8, 4) is 17.0 Å². The lowest BCUT2D eigenvalue weighted by Gasteiger charge is -2.16. The van der Waals surface area contributed by atoms with Gasteiger partial charge in [0.2, 0.25) is 5.95 Å². The maximum atomic E-state index is 13.4. The van der Waals surface area contributed by atoms with Crippen LogP contribution in [-0.2, 0) is 11.0 Å². The van der Waals surface area contributed by atoms with E-state index in [0.29, 0.717) is 11.2 Å². The van der Waals surface area contributed by atoms with Crippen LogP contribution in [-0.4, -0.2) is 46.4 Å². The maximum absolute atomic E-state index is 13.4. The first kappa shape index (κ1) is 24.4. The van der Waals surface area contributed by atoms with E-state index in [1.165, 1.54) is 25.3 Å². The summed E-state index contributed by atoms with van der Waals surface area (Å²) in [6, 6.07) is 6.78. The molecule has 0 amide bonds. The van der Waals surface area contributed by atoms with Gasteiger partial charge < -0.3 is 20.9 Å². The largest absolute Gasteiger partial charge is 0.496 e. The molecule has 0 bridgehead atoms. The highest BCUT2D eigenvalue weighted by Gasteiger charge is 2.38. The van der Waals surface area contributed by atoms with Crippen LogP contribution < -0.4 is 15.8 Å². The van der Waals surface area contributed by atoms with Crippen LogP contribution in [0.3, 0.4) is 0 Å². The first-order valence-electron chi connectivity index (χ1n) is 8.46. The molecular formula is C18H15F6N5O3. The summed E-state index contributed by atoms with van der Waals surface area (Å²) in [4.78, 5) is 21.2. The molecule has 2 aromatic heterocycles. The Hall–Kier alpha value is -3.84. The van der Waals surface area contributed by atoms with Crippen LogP contribution in [0.15, 0.2) is 30.3 Å². The number of nitrogen functional groups attached to an aromatic ring is 1. The molecule has 0 spiro atoms. The number of benzene rings is 1. The fourth-order valence-corrected chi connectivity index (χ4v) is 2.56. The molecule has 0 fully saturated rings. The second-order valence-corrected chi connectivity index (χ2v) is 5.93. The Morgan fingerprint density at radius 3 is 2.19 bits per heavy atom. The molecule has 0 aliphatic carbocycles. The van der Waals surface area contributed by atoms with E-state index < -0.39 is 23.9 Å². The second-order valence-electron chi connectivity index (χ2n) is 5.93. The molecule has 14 heteroatoms. The highest BCUT2D eigenvalue weighted by atomic mass is 19.4. The van der Waals surface area contributed by atoms with Gasteiger partial charge in [0.15, 0.2) is 5.65 Å². The number of ether oxygens (including phenoxy) is 1. The van der Waals surface area contributed by atoms with Gasteiger partial charge in [0.05, 0.1) is 29.3 Å². The van der Waals surface area contributed by atoms with Gasteiger partial charge in [-0.15, -0.1) is 0 Å². The molecule has 0 saturated heterocycles. The number of halogens is 6. The molecule has 4 N–H and O–H groups in total. The quantitative estimate of drug-likeness (QED) is 0.499. The summed E-state index contributed by atoms with van der Waals surface area (Å²) in [6.07, 6.45) is -9.64. The van der Waals surface area contributed by atoms with Crippen LogP contribution in [0.5, 0.6) is 5.75 Å². The van der Waals surface area contributed by atoms with Crippen molar-refractivity contribution >= 4 is 28.8 Å². The fraction of sp³-hybridized carbons (Fsp3) is 0.222. The van der Waals surface area contributed by atoms with Crippen molar-refractivity contribution in [1.82, 2.24) is 15.0 Å². The predicted molar refractivity (Wildman–Crippen MR) is 102 cm³/mol. The van der Waals surface area contributed by atoms with E-state index >= 15 is 0 Å². The minimum atomic E-state index is -5.08. The number of carboxylic acids is 1. The number of aromatic nitrogens is 3. The summed E-state index contributed by atoms with van der Waals surface area (Å²) < 4.78 is 77.1. The third-order valence-corrected chi connectivity index (χ3v) is 3.86. The van der Waals surface area contributed by atoms with Crippen molar-refractivity contribution in [3.05, 3.63) is 35.9 Å². The van der Waals surface area contributed by atoms with Gasteiger partial charge >= 0.3 is 18.3 Å². The molecule has 0 unspecified atom stereocenters. The summed E-state index contributed by atoms with van der Waals surface area (Å²) >= 11 is 0. The molecule has 0 radical (unpaired) electrons.